The van der Waals surface area contributed by atoms with Gasteiger partial charge in [-0.15, -0.1) is 0 Å². The zero-order valence-corrected chi connectivity index (χ0v) is 24.4. The largest absolute Gasteiger partial charge is 0.497 e. The minimum absolute atomic E-state index is 0.0866. The molecule has 0 atom stereocenters. The zero-order chi connectivity index (χ0) is 29.0. The van der Waals surface area contributed by atoms with E-state index < -0.39 is 15.9 Å². The average molecular weight is 585 g/mol. The highest BCUT2D eigenvalue weighted by atomic mass is 32.2. The quantitative estimate of drug-likeness (QED) is 0.146. The number of nitrogens with zero attached hydrogens (tertiary/aromatic N) is 4. The van der Waals surface area contributed by atoms with Crippen molar-refractivity contribution in [1.29, 1.82) is 0 Å². The summed E-state index contributed by atoms with van der Waals surface area (Å²) in [7, 11) is -2.24. The number of hydrogen-bond donors (Lipinski definition) is 0. The molecule has 0 radical (unpaired) electrons. The first-order valence-electron chi connectivity index (χ1n) is 12.9. The predicted octanol–water partition coefficient (Wildman–Crippen LogP) is 6.51. The molecule has 0 saturated carbocycles. The van der Waals surface area contributed by atoms with Gasteiger partial charge in [-0.1, -0.05) is 35.6 Å². The van der Waals surface area contributed by atoms with Crippen LogP contribution in [0, 0.1) is 6.92 Å². The lowest BCUT2D eigenvalue weighted by Crippen LogP contribution is -2.31. The number of hydrogen-bond acceptors (Lipinski definition) is 7. The van der Waals surface area contributed by atoms with E-state index in [9.17, 15) is 13.2 Å². The SMILES string of the molecule is CCN(c1ccccc1)S(=O)(=O)c1ccc(C(=O)N(/N=C/c2ccc(OC)cc2)c2nc3ccc(C)cc3s2)cc1. The number of rotatable bonds is 9. The van der Waals surface area contributed by atoms with Crippen LogP contribution in [0.15, 0.2) is 107 Å². The number of aryl methyl sites for hydroxylation is 1. The lowest BCUT2D eigenvalue weighted by atomic mass is 10.2. The van der Waals surface area contributed by atoms with Crippen molar-refractivity contribution in [3.63, 3.8) is 0 Å². The van der Waals surface area contributed by atoms with Crippen molar-refractivity contribution in [3.8, 4) is 5.75 Å². The molecule has 1 aromatic heterocycles. The lowest BCUT2D eigenvalue weighted by Gasteiger charge is -2.23. The summed E-state index contributed by atoms with van der Waals surface area (Å²) in [6, 6.07) is 28.0. The second-order valence-corrected chi connectivity index (χ2v) is 12.0. The molecule has 8 nitrogen and oxygen atoms in total. The van der Waals surface area contributed by atoms with E-state index in [1.807, 2.05) is 55.5 Å². The molecule has 0 unspecified atom stereocenters. The number of carbonyl (C=O) groups is 1. The first-order chi connectivity index (χ1) is 19.8. The molecule has 0 fully saturated rings. The van der Waals surface area contributed by atoms with Crippen LogP contribution in [0.2, 0.25) is 0 Å². The first-order valence-corrected chi connectivity index (χ1v) is 15.1. The van der Waals surface area contributed by atoms with Crippen molar-refractivity contribution >= 4 is 54.5 Å². The Balaban J connectivity index is 1.48. The van der Waals surface area contributed by atoms with Crippen LogP contribution in [0.3, 0.4) is 0 Å². The molecule has 0 aliphatic carbocycles. The number of sulfonamides is 1. The highest BCUT2D eigenvalue weighted by Crippen LogP contribution is 2.31. The molecule has 0 aliphatic heterocycles. The minimum Gasteiger partial charge on any atom is -0.497 e. The molecule has 4 aromatic carbocycles. The fraction of sp³-hybridized carbons (Fsp3) is 0.129. The molecular formula is C31H28N4O4S2. The van der Waals surface area contributed by atoms with E-state index in [4.69, 9.17) is 4.74 Å². The Morgan fingerprint density at radius 2 is 1.68 bits per heavy atom. The highest BCUT2D eigenvalue weighted by molar-refractivity contribution is 7.92. The molecule has 0 bridgehead atoms. The van der Waals surface area contributed by atoms with E-state index in [0.717, 1.165) is 21.3 Å². The van der Waals surface area contributed by atoms with Gasteiger partial charge < -0.3 is 4.74 Å². The molecule has 5 aromatic rings. The van der Waals surface area contributed by atoms with Gasteiger partial charge in [-0.3, -0.25) is 9.10 Å². The standard InChI is InChI=1S/C31H28N4O4S2/c1-4-34(25-8-6-5-7-9-25)41(37,38)27-17-13-24(14-18-27)30(36)35(32-21-23-11-15-26(39-3)16-12-23)31-33-28-19-10-22(2)20-29(28)40-31/h5-21H,4H2,1-3H3/b32-21+. The van der Waals surface area contributed by atoms with E-state index in [2.05, 4.69) is 10.1 Å². The van der Waals surface area contributed by atoms with E-state index >= 15 is 0 Å². The number of thiazole rings is 1. The van der Waals surface area contributed by atoms with Crippen molar-refractivity contribution < 1.29 is 17.9 Å². The molecule has 208 valence electrons. The normalized spacial score (nSPS) is 11.6. The Bertz CT molecular complexity index is 1800. The van der Waals surface area contributed by atoms with Gasteiger partial charge in [0, 0.05) is 12.1 Å². The van der Waals surface area contributed by atoms with Crippen molar-refractivity contribution in [2.75, 3.05) is 23.0 Å². The summed E-state index contributed by atoms with van der Waals surface area (Å²) in [6.07, 6.45) is 1.58. The summed E-state index contributed by atoms with van der Waals surface area (Å²) in [4.78, 5) is 18.5. The van der Waals surface area contributed by atoms with Crippen LogP contribution in [-0.2, 0) is 10.0 Å². The molecule has 1 amide bonds. The topological polar surface area (TPSA) is 92.2 Å². The number of para-hydroxylation sites is 1. The fourth-order valence-corrected chi connectivity index (χ4v) is 6.71. The summed E-state index contributed by atoms with van der Waals surface area (Å²) in [5, 5.41) is 6.15. The fourth-order valence-electron chi connectivity index (χ4n) is 4.22. The number of fused-ring (bicyclic) bond motifs is 1. The number of carbonyl (C=O) groups excluding carboxylic acids is 1. The maximum atomic E-state index is 13.8. The molecule has 1 heterocycles. The van der Waals surface area contributed by atoms with Gasteiger partial charge in [0.1, 0.15) is 5.75 Å². The van der Waals surface area contributed by atoms with Crippen LogP contribution in [0.4, 0.5) is 10.8 Å². The molecule has 0 N–H and O–H groups in total. The van der Waals surface area contributed by atoms with Gasteiger partial charge in [0.2, 0.25) is 5.13 Å². The van der Waals surface area contributed by atoms with E-state index in [0.29, 0.717) is 16.6 Å². The summed E-state index contributed by atoms with van der Waals surface area (Å²) in [5.74, 6) is 0.269. The second kappa shape index (κ2) is 11.9. The van der Waals surface area contributed by atoms with Crippen molar-refractivity contribution in [2.24, 2.45) is 5.10 Å². The zero-order valence-electron chi connectivity index (χ0n) is 22.8. The Morgan fingerprint density at radius 1 is 0.976 bits per heavy atom. The minimum atomic E-state index is -3.83. The maximum Gasteiger partial charge on any atom is 0.280 e. The second-order valence-electron chi connectivity index (χ2n) is 9.13. The van der Waals surface area contributed by atoms with Crippen LogP contribution >= 0.6 is 11.3 Å². The van der Waals surface area contributed by atoms with Gasteiger partial charge in [0.25, 0.3) is 15.9 Å². The third-order valence-electron chi connectivity index (χ3n) is 6.36. The van der Waals surface area contributed by atoms with Crippen LogP contribution in [-0.4, -0.2) is 39.2 Å². The number of hydrazone groups is 1. The molecular weight excluding hydrogens is 556 g/mol. The van der Waals surface area contributed by atoms with Crippen LogP contribution in [0.25, 0.3) is 10.2 Å². The van der Waals surface area contributed by atoms with Gasteiger partial charge in [-0.2, -0.15) is 10.1 Å². The van der Waals surface area contributed by atoms with E-state index in [-0.39, 0.29) is 17.0 Å². The summed E-state index contributed by atoms with van der Waals surface area (Å²) in [6.45, 7) is 4.04. The Hall–Kier alpha value is -4.54. The summed E-state index contributed by atoms with van der Waals surface area (Å²) >= 11 is 1.35. The van der Waals surface area contributed by atoms with Crippen LogP contribution < -0.4 is 14.1 Å². The third-order valence-corrected chi connectivity index (χ3v) is 9.28. The predicted molar refractivity (Wildman–Crippen MR) is 165 cm³/mol. The maximum absolute atomic E-state index is 13.8. The summed E-state index contributed by atoms with van der Waals surface area (Å²) < 4.78 is 34.3. The molecule has 41 heavy (non-hydrogen) atoms. The number of methoxy groups -OCH3 is 1. The third kappa shape index (κ3) is 5.98. The van der Waals surface area contributed by atoms with Crippen molar-refractivity contribution in [1.82, 2.24) is 4.98 Å². The van der Waals surface area contributed by atoms with Crippen LogP contribution in [0.1, 0.15) is 28.4 Å². The molecule has 0 saturated heterocycles. The van der Waals surface area contributed by atoms with Crippen LogP contribution in [0.5, 0.6) is 5.75 Å². The van der Waals surface area contributed by atoms with Gasteiger partial charge in [-0.05, 0) is 97.8 Å². The summed E-state index contributed by atoms with van der Waals surface area (Å²) in [5.41, 5.74) is 3.45. The Morgan fingerprint density at radius 3 is 2.34 bits per heavy atom. The number of benzene rings is 4. The Labute approximate surface area is 243 Å². The van der Waals surface area contributed by atoms with Crippen molar-refractivity contribution in [2.45, 2.75) is 18.7 Å². The molecule has 10 heteroatoms. The smallest absolute Gasteiger partial charge is 0.280 e. The number of aromatic nitrogens is 1. The van der Waals surface area contributed by atoms with Gasteiger partial charge in [-0.25, -0.2) is 13.4 Å². The van der Waals surface area contributed by atoms with Gasteiger partial charge in [0.15, 0.2) is 0 Å². The molecule has 5 rings (SSSR count). The Kier molecular flexibility index (Phi) is 8.14. The van der Waals surface area contributed by atoms with Gasteiger partial charge >= 0.3 is 0 Å². The molecule has 0 spiro atoms. The van der Waals surface area contributed by atoms with Gasteiger partial charge in [0.05, 0.1) is 34.1 Å². The highest BCUT2D eigenvalue weighted by Gasteiger charge is 2.25. The van der Waals surface area contributed by atoms with E-state index in [1.165, 1.54) is 44.9 Å². The first kappa shape index (κ1) is 28.0. The van der Waals surface area contributed by atoms with E-state index in [1.54, 1.807) is 44.5 Å². The number of amides is 1. The average Bonchev–Trinajstić information content (AvgIpc) is 3.41. The number of anilines is 2. The monoisotopic (exact) mass is 584 g/mol. The number of ether oxygens (including phenoxy) is 1. The molecule has 0 aliphatic rings. The lowest BCUT2D eigenvalue weighted by molar-refractivity contribution is 0.0987. The van der Waals surface area contributed by atoms with Crippen molar-refractivity contribution in [3.05, 3.63) is 114 Å².